The average Bonchev–Trinajstić information content (AvgIpc) is 2.82. The Kier molecular flexibility index (Phi) is 6.47. The highest BCUT2D eigenvalue weighted by molar-refractivity contribution is 6.07. The number of pyridine rings is 2. The van der Waals surface area contributed by atoms with E-state index in [0.717, 1.165) is 43.0 Å². The number of aromatic nitrogens is 2. The molecule has 9 nitrogen and oxygen atoms in total. The van der Waals surface area contributed by atoms with Crippen LogP contribution < -0.4 is 20.9 Å². The molecule has 0 unspecified atom stereocenters. The number of esters is 1. The first-order valence-electron chi connectivity index (χ1n) is 11.4. The maximum Gasteiger partial charge on any atom is 0.344 e. The highest BCUT2D eigenvalue weighted by Crippen LogP contribution is 2.32. The number of benzene rings is 1. The molecular formula is C25H31N5O4. The van der Waals surface area contributed by atoms with Crippen LogP contribution in [0.2, 0.25) is 0 Å². The largest absolute Gasteiger partial charge is 0.496 e. The number of likely N-dealkylation sites (N-methyl/N-ethyl adjacent to an activating group) is 1. The van der Waals surface area contributed by atoms with Crippen LogP contribution >= 0.6 is 0 Å². The van der Waals surface area contributed by atoms with E-state index in [-0.39, 0.29) is 29.1 Å². The normalized spacial score (nSPS) is 14.4. The van der Waals surface area contributed by atoms with E-state index < -0.39 is 5.97 Å². The molecule has 3 aromatic rings. The second-order valence-corrected chi connectivity index (χ2v) is 8.56. The zero-order chi connectivity index (χ0) is 24.6. The molecule has 1 aliphatic rings. The molecule has 0 aliphatic carbocycles. The van der Waals surface area contributed by atoms with Crippen LogP contribution in [-0.2, 0) is 4.74 Å². The fraction of sp³-hybridized carbons (Fsp3) is 0.400. The molecule has 0 spiro atoms. The molecule has 3 heterocycles. The van der Waals surface area contributed by atoms with Gasteiger partial charge in [-0.3, -0.25) is 14.3 Å². The molecule has 1 fully saturated rings. The van der Waals surface area contributed by atoms with Crippen LogP contribution in [0.5, 0.6) is 5.75 Å². The number of hydrogen-bond acceptors (Lipinski definition) is 8. The molecule has 180 valence electrons. The van der Waals surface area contributed by atoms with Gasteiger partial charge in [-0.25, -0.2) is 4.79 Å². The molecule has 0 bridgehead atoms. The van der Waals surface area contributed by atoms with Crippen molar-refractivity contribution >= 4 is 28.4 Å². The van der Waals surface area contributed by atoms with Gasteiger partial charge in [-0.2, -0.15) is 0 Å². The number of nitrogens with zero attached hydrogens (tertiary/aromatic N) is 4. The van der Waals surface area contributed by atoms with Crippen molar-refractivity contribution < 1.29 is 14.3 Å². The van der Waals surface area contributed by atoms with Gasteiger partial charge in [0.25, 0.3) is 5.56 Å². The number of aryl methyl sites for hydroxylation is 1. The lowest BCUT2D eigenvalue weighted by Gasteiger charge is -2.34. The van der Waals surface area contributed by atoms with Crippen molar-refractivity contribution in [2.75, 3.05) is 57.6 Å². The van der Waals surface area contributed by atoms with Crippen LogP contribution in [0, 0.1) is 13.8 Å². The summed E-state index contributed by atoms with van der Waals surface area (Å²) in [4.78, 5) is 35.9. The lowest BCUT2D eigenvalue weighted by molar-refractivity contribution is 0.0529. The monoisotopic (exact) mass is 465 g/mol. The van der Waals surface area contributed by atoms with E-state index in [1.807, 2.05) is 26.0 Å². The predicted molar refractivity (Wildman–Crippen MR) is 133 cm³/mol. The van der Waals surface area contributed by atoms with Crippen molar-refractivity contribution in [2.24, 2.45) is 0 Å². The number of anilines is 2. The molecule has 1 aromatic carbocycles. The Labute approximate surface area is 198 Å². The molecule has 2 aromatic heterocycles. The fourth-order valence-electron chi connectivity index (χ4n) is 4.53. The smallest absolute Gasteiger partial charge is 0.344 e. The summed E-state index contributed by atoms with van der Waals surface area (Å²) in [7, 11) is 3.66. The van der Waals surface area contributed by atoms with Crippen molar-refractivity contribution in [3.05, 3.63) is 51.4 Å². The molecule has 0 atom stereocenters. The van der Waals surface area contributed by atoms with Crippen LogP contribution in [0.1, 0.15) is 28.4 Å². The van der Waals surface area contributed by atoms with Gasteiger partial charge in [-0.15, -0.1) is 0 Å². The summed E-state index contributed by atoms with van der Waals surface area (Å²) in [5.74, 6) is 0.000967. The number of methoxy groups -OCH3 is 1. The quantitative estimate of drug-likeness (QED) is 0.574. The van der Waals surface area contributed by atoms with Crippen molar-refractivity contribution in [2.45, 2.75) is 20.8 Å². The average molecular weight is 466 g/mol. The van der Waals surface area contributed by atoms with E-state index in [1.165, 1.54) is 4.57 Å². The molecule has 2 N–H and O–H groups in total. The molecular weight excluding hydrogens is 434 g/mol. The van der Waals surface area contributed by atoms with Crippen molar-refractivity contribution in [3.63, 3.8) is 0 Å². The molecule has 0 radical (unpaired) electrons. The Hall–Kier alpha value is -3.59. The highest BCUT2D eigenvalue weighted by Gasteiger charge is 2.26. The third-order valence-electron chi connectivity index (χ3n) is 6.42. The summed E-state index contributed by atoms with van der Waals surface area (Å²) in [6, 6.07) is 5.51. The Morgan fingerprint density at radius 3 is 2.53 bits per heavy atom. The van der Waals surface area contributed by atoms with Gasteiger partial charge in [0.05, 0.1) is 42.2 Å². The van der Waals surface area contributed by atoms with Crippen LogP contribution in [0.15, 0.2) is 29.2 Å². The Balaban J connectivity index is 2.03. The van der Waals surface area contributed by atoms with Crippen LogP contribution in [-0.4, -0.2) is 67.4 Å². The van der Waals surface area contributed by atoms with E-state index in [0.29, 0.717) is 16.8 Å². The van der Waals surface area contributed by atoms with E-state index in [4.69, 9.17) is 15.2 Å². The summed E-state index contributed by atoms with van der Waals surface area (Å²) >= 11 is 0. The molecule has 4 rings (SSSR count). The van der Waals surface area contributed by atoms with Gasteiger partial charge >= 0.3 is 5.97 Å². The number of nitrogens with two attached hydrogens (primary N) is 1. The lowest BCUT2D eigenvalue weighted by atomic mass is 10.1. The number of nitrogen functional groups attached to an aromatic ring is 1. The number of hydrogen-bond donors (Lipinski definition) is 1. The number of rotatable bonds is 5. The number of fused-ring (bicyclic) bond motifs is 1. The summed E-state index contributed by atoms with van der Waals surface area (Å²) in [5, 5.41) is 0.315. The minimum Gasteiger partial charge on any atom is -0.496 e. The third-order valence-corrected chi connectivity index (χ3v) is 6.42. The molecule has 9 heteroatoms. The van der Waals surface area contributed by atoms with E-state index in [1.54, 1.807) is 26.3 Å². The van der Waals surface area contributed by atoms with Crippen LogP contribution in [0.3, 0.4) is 0 Å². The maximum absolute atomic E-state index is 13.9. The van der Waals surface area contributed by atoms with Crippen molar-refractivity contribution in [1.29, 1.82) is 0 Å². The Morgan fingerprint density at radius 1 is 1.18 bits per heavy atom. The first-order valence-corrected chi connectivity index (χ1v) is 11.4. The van der Waals surface area contributed by atoms with Crippen LogP contribution in [0.4, 0.5) is 11.5 Å². The second kappa shape index (κ2) is 9.34. The zero-order valence-corrected chi connectivity index (χ0v) is 20.3. The Morgan fingerprint density at radius 2 is 1.88 bits per heavy atom. The lowest BCUT2D eigenvalue weighted by Crippen LogP contribution is -2.44. The molecule has 0 amide bonds. The van der Waals surface area contributed by atoms with Crippen LogP contribution in [0.25, 0.3) is 16.6 Å². The van der Waals surface area contributed by atoms with Gasteiger partial charge in [0.2, 0.25) is 0 Å². The van der Waals surface area contributed by atoms with Gasteiger partial charge in [0.1, 0.15) is 17.1 Å². The minimum atomic E-state index is -0.614. The summed E-state index contributed by atoms with van der Waals surface area (Å²) in [6.45, 7) is 9.13. The van der Waals surface area contributed by atoms with Gasteiger partial charge in [0, 0.05) is 31.7 Å². The standard InChI is InChI=1S/C25H31N5O4/c1-6-34-25(32)20-21-18(13-17(14-27-21)29-11-9-28(4)10-12-29)24(31)30(23(20)26)22-15(2)7-8-19(33-5)16(22)3/h7-8,13-14H,6,9-12,26H2,1-5H3. The molecule has 1 aliphatic heterocycles. The van der Waals surface area contributed by atoms with Gasteiger partial charge in [0.15, 0.2) is 0 Å². The zero-order valence-electron chi connectivity index (χ0n) is 20.3. The predicted octanol–water partition coefficient (Wildman–Crippen LogP) is 2.52. The topological polar surface area (TPSA) is 103 Å². The fourth-order valence-corrected chi connectivity index (χ4v) is 4.53. The maximum atomic E-state index is 13.9. The van der Waals surface area contributed by atoms with Gasteiger partial charge < -0.3 is 25.0 Å². The first-order chi connectivity index (χ1) is 16.3. The summed E-state index contributed by atoms with van der Waals surface area (Å²) < 4.78 is 12.2. The van der Waals surface area contributed by atoms with E-state index >= 15 is 0 Å². The first kappa shape index (κ1) is 23.6. The minimum absolute atomic E-state index is 0.00440. The Bertz CT molecular complexity index is 1310. The summed E-state index contributed by atoms with van der Waals surface area (Å²) in [5.41, 5.74) is 9.48. The molecule has 34 heavy (non-hydrogen) atoms. The van der Waals surface area contributed by atoms with Gasteiger partial charge in [-0.05, 0) is 45.5 Å². The van der Waals surface area contributed by atoms with Crippen molar-refractivity contribution in [3.8, 4) is 11.4 Å². The second-order valence-electron chi connectivity index (χ2n) is 8.56. The number of carbonyl (C=O) groups excluding carboxylic acids is 1. The van der Waals surface area contributed by atoms with Gasteiger partial charge in [-0.1, -0.05) is 6.07 Å². The third kappa shape index (κ3) is 3.96. The highest BCUT2D eigenvalue weighted by atomic mass is 16.5. The SMILES string of the molecule is CCOC(=O)c1c(N)n(-c2c(C)ccc(OC)c2C)c(=O)c2cc(N3CCN(C)CC3)cnc12. The number of ether oxygens (including phenoxy) is 2. The van der Waals surface area contributed by atoms with Crippen molar-refractivity contribution in [1.82, 2.24) is 14.5 Å². The molecule has 1 saturated heterocycles. The molecule has 0 saturated carbocycles. The summed E-state index contributed by atoms with van der Waals surface area (Å²) in [6.07, 6.45) is 1.70. The number of carbonyl (C=O) groups is 1. The van der Waals surface area contributed by atoms with E-state index in [2.05, 4.69) is 21.8 Å². The number of piperazine rings is 1. The van der Waals surface area contributed by atoms with E-state index in [9.17, 15) is 9.59 Å².